The molecule has 0 saturated heterocycles. The second kappa shape index (κ2) is 2.61. The van der Waals surface area contributed by atoms with Gasteiger partial charge in [-0.3, -0.25) is 4.90 Å². The molecule has 0 unspecified atom stereocenters. The summed E-state index contributed by atoms with van der Waals surface area (Å²) in [6.45, 7) is -0.419. The van der Waals surface area contributed by atoms with Gasteiger partial charge in [-0.25, -0.2) is 9.18 Å². The molecular formula is C6H6FNO3. The maximum Gasteiger partial charge on any atom is 0.411 e. The molecule has 0 radical (unpaired) electrons. The monoisotopic (exact) mass is 159 g/mol. The van der Waals surface area contributed by atoms with Crippen molar-refractivity contribution in [2.24, 2.45) is 0 Å². The first-order chi connectivity index (χ1) is 5.11. The highest BCUT2D eigenvalue weighted by Gasteiger charge is 2.17. The highest BCUT2D eigenvalue weighted by molar-refractivity contribution is 5.67. The third-order valence-electron chi connectivity index (χ3n) is 1.25. The molecule has 0 aromatic carbocycles. The number of nitrogens with zero attached hydrogens (tertiary/aromatic N) is 1. The third kappa shape index (κ3) is 1.49. The Bertz CT molecular complexity index is 246. The van der Waals surface area contributed by atoms with Crippen LogP contribution in [0.3, 0.4) is 0 Å². The number of carbonyl (C=O) groups is 1. The second-order valence-corrected chi connectivity index (χ2v) is 2.02. The molecule has 4 nitrogen and oxygen atoms in total. The molecule has 1 aliphatic rings. The molecule has 0 saturated carbocycles. The smallest absolute Gasteiger partial charge is 0.411 e. The predicted molar refractivity (Wildman–Crippen MR) is 34.6 cm³/mol. The number of hydrogen-bond acceptors (Lipinski definition) is 2. The summed E-state index contributed by atoms with van der Waals surface area (Å²) >= 11 is 0. The Hall–Kier alpha value is -1.52. The first kappa shape index (κ1) is 7.59. The van der Waals surface area contributed by atoms with Gasteiger partial charge in [-0.05, 0) is 6.08 Å². The summed E-state index contributed by atoms with van der Waals surface area (Å²) in [7, 11) is 0. The van der Waals surface area contributed by atoms with Crippen molar-refractivity contribution in [1.29, 1.82) is 0 Å². The van der Waals surface area contributed by atoms with Gasteiger partial charge in [-0.15, -0.1) is 0 Å². The lowest BCUT2D eigenvalue weighted by molar-refractivity contribution is 0.162. The lowest BCUT2D eigenvalue weighted by Crippen LogP contribution is -2.27. The molecule has 1 amide bonds. The van der Waals surface area contributed by atoms with Gasteiger partial charge in [0.15, 0.2) is 5.83 Å². The lowest BCUT2D eigenvalue weighted by Gasteiger charge is -2.16. The van der Waals surface area contributed by atoms with Crippen molar-refractivity contribution in [2.75, 3.05) is 6.54 Å². The summed E-state index contributed by atoms with van der Waals surface area (Å²) in [5, 5.41) is 17.0. The van der Waals surface area contributed by atoms with Gasteiger partial charge < -0.3 is 10.2 Å². The number of amides is 1. The van der Waals surface area contributed by atoms with Crippen LogP contribution in [0.15, 0.2) is 23.9 Å². The summed E-state index contributed by atoms with van der Waals surface area (Å²) in [6.07, 6.45) is 0.845. The van der Waals surface area contributed by atoms with Gasteiger partial charge >= 0.3 is 6.09 Å². The molecule has 1 rings (SSSR count). The Balaban J connectivity index is 2.74. The topological polar surface area (TPSA) is 60.8 Å². The average Bonchev–Trinajstić information content (AvgIpc) is 1.94. The molecule has 5 heteroatoms. The van der Waals surface area contributed by atoms with Crippen LogP contribution < -0.4 is 0 Å². The quantitative estimate of drug-likeness (QED) is 0.558. The van der Waals surface area contributed by atoms with E-state index < -0.39 is 24.2 Å². The third-order valence-corrected chi connectivity index (χ3v) is 1.25. The Labute approximate surface area is 61.9 Å². The summed E-state index contributed by atoms with van der Waals surface area (Å²) < 4.78 is 12.5. The van der Waals surface area contributed by atoms with Crippen LogP contribution in [-0.4, -0.2) is 27.8 Å². The number of aliphatic hydroxyl groups is 1. The van der Waals surface area contributed by atoms with Crippen LogP contribution in [0.5, 0.6) is 0 Å². The van der Waals surface area contributed by atoms with Crippen LogP contribution >= 0.6 is 0 Å². The van der Waals surface area contributed by atoms with Gasteiger partial charge in [0.25, 0.3) is 0 Å². The van der Waals surface area contributed by atoms with Crippen LogP contribution in [0.4, 0.5) is 9.18 Å². The molecule has 0 fully saturated rings. The fraction of sp³-hybridized carbons (Fsp3) is 0.167. The van der Waals surface area contributed by atoms with E-state index in [9.17, 15) is 9.18 Å². The molecular weight excluding hydrogens is 153 g/mol. The van der Waals surface area contributed by atoms with Crippen LogP contribution in [0, 0.1) is 0 Å². The van der Waals surface area contributed by atoms with Crippen molar-refractivity contribution in [3.63, 3.8) is 0 Å². The SMILES string of the molecule is O=C(O)N1C=CC(O)=C(F)C1. The molecule has 60 valence electrons. The lowest BCUT2D eigenvalue weighted by atomic mass is 10.3. The van der Waals surface area contributed by atoms with Gasteiger partial charge in [-0.1, -0.05) is 0 Å². The highest BCUT2D eigenvalue weighted by Crippen LogP contribution is 2.13. The zero-order chi connectivity index (χ0) is 8.43. The number of hydrogen-bond donors (Lipinski definition) is 2. The van der Waals surface area contributed by atoms with Gasteiger partial charge in [0.05, 0.1) is 6.54 Å². The van der Waals surface area contributed by atoms with Crippen LogP contribution in [0.1, 0.15) is 0 Å². The summed E-state index contributed by atoms with van der Waals surface area (Å²) in [6, 6.07) is 0. The maximum atomic E-state index is 12.5. The van der Waals surface area contributed by atoms with Crippen molar-refractivity contribution >= 4 is 6.09 Å². The molecule has 1 aliphatic heterocycles. The van der Waals surface area contributed by atoms with E-state index in [1.807, 2.05) is 0 Å². The molecule has 2 N–H and O–H groups in total. The van der Waals surface area contributed by atoms with Gasteiger partial charge in [0.2, 0.25) is 0 Å². The number of halogens is 1. The number of carboxylic acid groups (broad SMARTS) is 1. The van der Waals surface area contributed by atoms with E-state index in [1.165, 1.54) is 0 Å². The zero-order valence-electron chi connectivity index (χ0n) is 5.49. The van der Waals surface area contributed by atoms with Gasteiger partial charge in [0.1, 0.15) is 5.76 Å². The Morgan fingerprint density at radius 1 is 1.73 bits per heavy atom. The van der Waals surface area contributed by atoms with Crippen molar-refractivity contribution in [1.82, 2.24) is 4.90 Å². The minimum atomic E-state index is -1.25. The predicted octanol–water partition coefficient (Wildman–Crippen LogP) is 1.23. The summed E-state index contributed by atoms with van der Waals surface area (Å²) in [4.78, 5) is 10.9. The van der Waals surface area contributed by atoms with E-state index in [0.29, 0.717) is 0 Å². The van der Waals surface area contributed by atoms with Crippen LogP contribution in [-0.2, 0) is 0 Å². The number of aliphatic hydroxyl groups excluding tert-OH is 1. The normalized spacial score (nSPS) is 17.4. The summed E-state index contributed by atoms with van der Waals surface area (Å²) in [5.41, 5.74) is 0. The van der Waals surface area contributed by atoms with E-state index in [2.05, 4.69) is 0 Å². The van der Waals surface area contributed by atoms with Crippen molar-refractivity contribution < 1.29 is 19.4 Å². The van der Waals surface area contributed by atoms with Gasteiger partial charge in [-0.2, -0.15) is 0 Å². The molecule has 11 heavy (non-hydrogen) atoms. The standard InChI is InChI=1S/C6H6FNO3/c7-4-3-8(6(10)11)2-1-5(4)9/h1-2,9H,3H2,(H,10,11). The van der Waals surface area contributed by atoms with E-state index in [-0.39, 0.29) is 0 Å². The summed E-state index contributed by atoms with van der Waals surface area (Å²) in [5.74, 6) is -1.35. The van der Waals surface area contributed by atoms with Crippen molar-refractivity contribution in [2.45, 2.75) is 0 Å². The first-order valence-corrected chi connectivity index (χ1v) is 2.86. The molecule has 0 atom stereocenters. The van der Waals surface area contributed by atoms with E-state index in [1.54, 1.807) is 0 Å². The van der Waals surface area contributed by atoms with Crippen molar-refractivity contribution in [3.05, 3.63) is 23.9 Å². The minimum Gasteiger partial charge on any atom is -0.505 e. The molecule has 0 aromatic rings. The molecule has 0 bridgehead atoms. The minimum absolute atomic E-state index is 0.419. The molecule has 1 heterocycles. The van der Waals surface area contributed by atoms with Gasteiger partial charge in [0, 0.05) is 6.20 Å². The van der Waals surface area contributed by atoms with E-state index >= 15 is 0 Å². The van der Waals surface area contributed by atoms with E-state index in [4.69, 9.17) is 10.2 Å². The largest absolute Gasteiger partial charge is 0.505 e. The molecule has 0 spiro atoms. The Morgan fingerprint density at radius 3 is 2.82 bits per heavy atom. The van der Waals surface area contributed by atoms with Crippen LogP contribution in [0.2, 0.25) is 0 Å². The Morgan fingerprint density at radius 2 is 2.36 bits per heavy atom. The van der Waals surface area contributed by atoms with Crippen molar-refractivity contribution in [3.8, 4) is 0 Å². The first-order valence-electron chi connectivity index (χ1n) is 2.86. The fourth-order valence-corrected chi connectivity index (χ4v) is 0.666. The number of allylic oxidation sites excluding steroid dienone is 1. The molecule has 0 aliphatic carbocycles. The fourth-order valence-electron chi connectivity index (χ4n) is 0.666. The Kier molecular flexibility index (Phi) is 1.80. The van der Waals surface area contributed by atoms with Crippen LogP contribution in [0.25, 0.3) is 0 Å². The highest BCUT2D eigenvalue weighted by atomic mass is 19.1. The van der Waals surface area contributed by atoms with E-state index in [0.717, 1.165) is 17.2 Å². The zero-order valence-corrected chi connectivity index (χ0v) is 5.49. The second-order valence-electron chi connectivity index (χ2n) is 2.02. The molecule has 0 aromatic heterocycles. The average molecular weight is 159 g/mol. The maximum absolute atomic E-state index is 12.5. The number of rotatable bonds is 0.